The number of aliphatic hydroxyl groups excluding tert-OH is 2. The number of carbonyl (C=O) groups is 1. The predicted molar refractivity (Wildman–Crippen MR) is 19.2 cm³/mol. The van der Waals surface area contributed by atoms with Crippen molar-refractivity contribution in [3.05, 3.63) is 0 Å². The van der Waals surface area contributed by atoms with Gasteiger partial charge < -0.3 is 10.2 Å². The molecule has 6 heavy (non-hydrogen) atoms. The molecule has 0 saturated heterocycles. The van der Waals surface area contributed by atoms with Crippen molar-refractivity contribution in [3.8, 4) is 0 Å². The van der Waals surface area contributed by atoms with Crippen LogP contribution < -0.4 is 0 Å². The zero-order chi connectivity index (χ0) is 7.28. The summed E-state index contributed by atoms with van der Waals surface area (Å²) in [4.78, 5) is 10.3. The summed E-state index contributed by atoms with van der Waals surface area (Å²) in [6.45, 7) is -2.05. The van der Waals surface area contributed by atoms with Gasteiger partial charge in [0.05, 0.1) is 1.37 Å². The van der Waals surface area contributed by atoms with Crippen LogP contribution in [-0.2, 0) is 4.79 Å². The molecule has 1 atom stereocenters. The number of aliphatic hydroxyl groups is 2. The summed E-state index contributed by atoms with van der Waals surface area (Å²) < 4.78 is 18.8. The highest BCUT2D eigenvalue weighted by atomic mass is 16.3. The maximum absolute atomic E-state index is 10.3. The Kier molecular flexibility index (Phi) is 0.957. The average molecular weight is 93.1 g/mol. The molecule has 0 rings (SSSR count). The molecule has 0 aliphatic carbocycles. The van der Waals surface area contributed by atoms with Gasteiger partial charge in [0.1, 0.15) is 13.2 Å². The van der Waals surface area contributed by atoms with Gasteiger partial charge in [-0.3, -0.25) is 4.79 Å². The van der Waals surface area contributed by atoms with Crippen LogP contribution in [-0.4, -0.2) is 32.1 Å². The molecule has 0 fully saturated rings. The minimum absolute atomic E-state index is 0.507. The second-order valence-corrected chi connectivity index (χ2v) is 0.729. The van der Waals surface area contributed by atoms with E-state index in [9.17, 15) is 4.79 Å². The second kappa shape index (κ2) is 2.81. The Hall–Kier alpha value is -0.410. The smallest absolute Gasteiger partial charge is 0.211 e. The van der Waals surface area contributed by atoms with Gasteiger partial charge in [-0.15, -0.1) is 0 Å². The van der Waals surface area contributed by atoms with Crippen LogP contribution in [0.25, 0.3) is 0 Å². The summed E-state index contributed by atoms with van der Waals surface area (Å²) in [6.07, 6.45) is 0. The van der Waals surface area contributed by atoms with Crippen molar-refractivity contribution in [1.29, 1.82) is 2.86 Å². The normalized spacial score (nSPS) is 20.3. The average Bonchev–Trinajstić information content (AvgIpc) is 1.87. The van der Waals surface area contributed by atoms with Crippen molar-refractivity contribution in [2.75, 3.05) is 13.2 Å². The number of hydrogen-bond donors (Lipinski definition) is 2. The molecule has 0 spiro atoms. The highest BCUT2D eigenvalue weighted by Crippen LogP contribution is 1.59. The lowest BCUT2D eigenvalue weighted by atomic mass is 10.5. The predicted octanol–water partition coefficient (Wildman–Crippen LogP) is -1.46. The zero-order valence-corrected chi connectivity index (χ0v) is 3.01. The molecule has 0 aromatic heterocycles. The third-order valence-corrected chi connectivity index (χ3v) is 0.274. The van der Waals surface area contributed by atoms with Crippen molar-refractivity contribution in [3.63, 3.8) is 0 Å². The molecule has 3 heteroatoms. The SMILES string of the molecule is [2H]OCC(=O)C([2H])O[2H]. The monoisotopic (exact) mass is 93.1 g/mol. The molecule has 0 aliphatic rings. The first-order valence-electron chi connectivity index (χ1n) is 2.76. The molecule has 1 unspecified atom stereocenters. The van der Waals surface area contributed by atoms with E-state index in [2.05, 4.69) is 10.2 Å². The Bertz CT molecular complexity index is 96.3. The molecule has 0 aliphatic heterocycles. The van der Waals surface area contributed by atoms with Gasteiger partial charge >= 0.3 is 0 Å². The van der Waals surface area contributed by atoms with Gasteiger partial charge in [0.2, 0.25) is 2.86 Å². The number of hydrogen-bond acceptors (Lipinski definition) is 3. The Morgan fingerprint density at radius 2 is 2.83 bits per heavy atom. The number of rotatable bonds is 4. The van der Waals surface area contributed by atoms with Crippen molar-refractivity contribution in [1.82, 2.24) is 0 Å². The fourth-order valence-electron chi connectivity index (χ4n) is 0.0340. The molecule has 3 nitrogen and oxygen atoms in total. The lowest BCUT2D eigenvalue weighted by Crippen LogP contribution is -2.07. The van der Waals surface area contributed by atoms with Gasteiger partial charge in [-0.1, -0.05) is 0 Å². The van der Waals surface area contributed by atoms with Crippen LogP contribution in [0.3, 0.4) is 0 Å². The standard InChI is InChI=1S/C3H6O3/c4-1-3(6)2-5/h4-5H,1-2H2/i1D,4D,5D. The second-order valence-electron chi connectivity index (χ2n) is 0.729. The minimum atomic E-state index is -1.55. The van der Waals surface area contributed by atoms with Crippen LogP contribution in [0.2, 0.25) is 0 Å². The van der Waals surface area contributed by atoms with Gasteiger partial charge in [-0.05, 0) is 0 Å². The van der Waals surface area contributed by atoms with Crippen LogP contribution in [0.15, 0.2) is 0 Å². The van der Waals surface area contributed by atoms with E-state index >= 15 is 0 Å². The van der Waals surface area contributed by atoms with Gasteiger partial charge in [0, 0.05) is 0 Å². The van der Waals surface area contributed by atoms with E-state index in [-0.39, 0.29) is 0 Å². The molecule has 0 heterocycles. The van der Waals surface area contributed by atoms with Crippen molar-refractivity contribution < 1.29 is 16.4 Å². The van der Waals surface area contributed by atoms with E-state index in [1.807, 2.05) is 0 Å². The maximum Gasteiger partial charge on any atom is 0.211 e. The van der Waals surface area contributed by atoms with Crippen molar-refractivity contribution >= 4 is 5.78 Å². The van der Waals surface area contributed by atoms with Crippen LogP contribution in [0, 0.1) is 0 Å². The Morgan fingerprint density at radius 1 is 2.00 bits per heavy atom. The third kappa shape index (κ3) is 1.87. The summed E-state index contributed by atoms with van der Waals surface area (Å²) in [7, 11) is 0. The molecule has 0 amide bonds. The minimum Gasteiger partial charge on any atom is -0.388 e. The van der Waals surface area contributed by atoms with E-state index in [1.165, 1.54) is 0 Å². The molecule has 0 radical (unpaired) electrons. The highest BCUT2D eigenvalue weighted by molar-refractivity contribution is 5.80. The van der Waals surface area contributed by atoms with E-state index in [1.54, 1.807) is 0 Å². The van der Waals surface area contributed by atoms with Crippen molar-refractivity contribution in [2.24, 2.45) is 0 Å². The largest absolute Gasteiger partial charge is 0.388 e. The van der Waals surface area contributed by atoms with Crippen LogP contribution in [0.5, 0.6) is 0 Å². The van der Waals surface area contributed by atoms with Crippen LogP contribution in [0.4, 0.5) is 0 Å². The van der Waals surface area contributed by atoms with E-state index in [4.69, 9.17) is 4.23 Å². The number of Topliss-reactive ketones (excluding diaryl/α,β-unsaturated/α-hetero) is 1. The van der Waals surface area contributed by atoms with Gasteiger partial charge in [-0.25, -0.2) is 0 Å². The first kappa shape index (κ1) is 2.04. The summed E-state index contributed by atoms with van der Waals surface area (Å²) in [5.41, 5.74) is 0. The zero-order valence-electron chi connectivity index (χ0n) is 6.01. The fourth-order valence-corrected chi connectivity index (χ4v) is 0.0340. The topological polar surface area (TPSA) is 57.5 Å². The fraction of sp³-hybridized carbons (Fsp3) is 0.667. The van der Waals surface area contributed by atoms with Gasteiger partial charge in [0.15, 0.2) is 5.78 Å². The van der Waals surface area contributed by atoms with Gasteiger partial charge in [-0.2, -0.15) is 0 Å². The van der Waals surface area contributed by atoms with Crippen molar-refractivity contribution in [2.45, 2.75) is 0 Å². The first-order chi connectivity index (χ1) is 4.22. The summed E-state index contributed by atoms with van der Waals surface area (Å²) in [5, 5.41) is 7.21. The lowest BCUT2D eigenvalue weighted by molar-refractivity contribution is -0.124. The molecule has 0 aromatic rings. The Balaban J connectivity index is 3.46. The van der Waals surface area contributed by atoms with E-state index < -0.39 is 19.0 Å². The molecule has 36 valence electrons. The van der Waals surface area contributed by atoms with Crippen LogP contribution in [0.1, 0.15) is 1.37 Å². The summed E-state index contributed by atoms with van der Waals surface area (Å²) >= 11 is 0. The Labute approximate surface area is 39.6 Å². The maximum atomic E-state index is 10.3. The van der Waals surface area contributed by atoms with Gasteiger partial charge in [0.25, 0.3) is 0 Å². The third-order valence-electron chi connectivity index (χ3n) is 0.274. The number of carbonyl (C=O) groups excluding carboxylic acids is 1. The number of ketones is 1. The quantitative estimate of drug-likeness (QED) is 0.446. The molecule has 2 N–H and O–H groups in total. The van der Waals surface area contributed by atoms with E-state index in [0.717, 1.165) is 0 Å². The molecule has 0 aromatic carbocycles. The molecule has 0 bridgehead atoms. The summed E-state index contributed by atoms with van der Waals surface area (Å²) in [5.74, 6) is -0.736. The summed E-state index contributed by atoms with van der Waals surface area (Å²) in [6, 6.07) is 0. The first-order valence-corrected chi connectivity index (χ1v) is 1.37. The molecular formula is C3H6O3. The van der Waals surface area contributed by atoms with E-state index in [0.29, 0.717) is 0 Å². The molecule has 0 saturated carbocycles. The lowest BCUT2D eigenvalue weighted by Gasteiger charge is -1.81. The highest BCUT2D eigenvalue weighted by Gasteiger charge is 1.89. The molecular weight excluding hydrogens is 84.0 g/mol. The van der Waals surface area contributed by atoms with Crippen LogP contribution >= 0.6 is 0 Å². The Morgan fingerprint density at radius 3 is 3.33 bits per heavy atom.